The highest BCUT2D eigenvalue weighted by Crippen LogP contribution is 2.27. The maximum absolute atomic E-state index is 11.8. The molecular weight excluding hydrogens is 273 g/mol. The first-order valence-corrected chi connectivity index (χ1v) is 5.75. The number of ether oxygens (including phenoxy) is 1. The molecule has 1 unspecified atom stereocenters. The summed E-state index contributed by atoms with van der Waals surface area (Å²) in [7, 11) is 0. The second-order valence-corrected chi connectivity index (χ2v) is 4.28. The van der Waals surface area contributed by atoms with Crippen molar-refractivity contribution in [3.63, 3.8) is 0 Å². The van der Waals surface area contributed by atoms with Crippen LogP contribution in [0.5, 0.6) is 0 Å². The van der Waals surface area contributed by atoms with E-state index in [0.29, 0.717) is 15.6 Å². The molecule has 0 radical (unpaired) electrons. The summed E-state index contributed by atoms with van der Waals surface area (Å²) in [6, 6.07) is 4.72. The standard InChI is InChI=1S/C11H12Cl2F2O2/c12-7-1-2-8(9(13)5-7)10(16)3-4-17-6-11(14)15/h1-2,5,10-11,16H,3-4,6H2. The number of aliphatic hydroxyl groups is 1. The molecule has 1 aromatic carbocycles. The monoisotopic (exact) mass is 284 g/mol. The number of benzene rings is 1. The molecule has 0 heterocycles. The first-order chi connectivity index (χ1) is 8.00. The normalized spacial score (nSPS) is 13.1. The molecule has 96 valence electrons. The first kappa shape index (κ1) is 14.6. The van der Waals surface area contributed by atoms with Gasteiger partial charge in [0.2, 0.25) is 0 Å². The van der Waals surface area contributed by atoms with Gasteiger partial charge in [-0.15, -0.1) is 0 Å². The van der Waals surface area contributed by atoms with Crippen LogP contribution in [-0.4, -0.2) is 24.7 Å². The molecule has 1 atom stereocenters. The Morgan fingerprint density at radius 2 is 2.00 bits per heavy atom. The summed E-state index contributed by atoms with van der Waals surface area (Å²) in [5, 5.41) is 10.6. The van der Waals surface area contributed by atoms with E-state index in [1.165, 1.54) is 6.07 Å². The van der Waals surface area contributed by atoms with E-state index in [2.05, 4.69) is 4.74 Å². The van der Waals surface area contributed by atoms with Crippen molar-refractivity contribution in [3.8, 4) is 0 Å². The van der Waals surface area contributed by atoms with Crippen LogP contribution >= 0.6 is 23.2 Å². The number of hydrogen-bond acceptors (Lipinski definition) is 2. The van der Waals surface area contributed by atoms with E-state index >= 15 is 0 Å². The predicted octanol–water partition coefficient (Wildman–Crippen LogP) is 3.70. The number of hydrogen-bond donors (Lipinski definition) is 1. The molecule has 0 spiro atoms. The summed E-state index contributed by atoms with van der Waals surface area (Å²) in [6.45, 7) is -0.578. The predicted molar refractivity (Wildman–Crippen MR) is 62.9 cm³/mol. The van der Waals surface area contributed by atoms with Gasteiger partial charge in [-0.3, -0.25) is 0 Å². The van der Waals surface area contributed by atoms with Crippen molar-refractivity contribution in [3.05, 3.63) is 33.8 Å². The van der Waals surface area contributed by atoms with Gasteiger partial charge >= 0.3 is 0 Å². The molecule has 0 aliphatic carbocycles. The van der Waals surface area contributed by atoms with Crippen molar-refractivity contribution >= 4 is 23.2 Å². The number of rotatable bonds is 6. The summed E-state index contributed by atoms with van der Waals surface area (Å²) in [5.41, 5.74) is 0.511. The van der Waals surface area contributed by atoms with E-state index in [4.69, 9.17) is 23.2 Å². The van der Waals surface area contributed by atoms with Crippen molar-refractivity contribution in [2.24, 2.45) is 0 Å². The van der Waals surface area contributed by atoms with Gasteiger partial charge in [-0.1, -0.05) is 29.3 Å². The van der Waals surface area contributed by atoms with Crippen molar-refractivity contribution in [2.75, 3.05) is 13.2 Å². The zero-order valence-corrected chi connectivity index (χ0v) is 10.4. The molecule has 0 saturated carbocycles. The molecule has 0 fully saturated rings. The SMILES string of the molecule is OC(CCOCC(F)F)c1ccc(Cl)cc1Cl. The molecule has 6 heteroatoms. The maximum atomic E-state index is 11.8. The van der Waals surface area contributed by atoms with E-state index in [1.807, 2.05) is 0 Å². The maximum Gasteiger partial charge on any atom is 0.261 e. The number of alkyl halides is 2. The van der Waals surface area contributed by atoms with Crippen molar-refractivity contribution < 1.29 is 18.6 Å². The average molecular weight is 285 g/mol. The van der Waals surface area contributed by atoms with E-state index in [1.54, 1.807) is 12.1 Å². The molecule has 1 aromatic rings. The van der Waals surface area contributed by atoms with Gasteiger partial charge in [0.15, 0.2) is 0 Å². The van der Waals surface area contributed by atoms with Crippen LogP contribution in [0.4, 0.5) is 8.78 Å². The molecule has 0 aliphatic rings. The second-order valence-electron chi connectivity index (χ2n) is 3.44. The Bertz CT molecular complexity index is 361. The van der Waals surface area contributed by atoms with Gasteiger partial charge in [-0.25, -0.2) is 8.78 Å². The van der Waals surface area contributed by atoms with E-state index in [-0.39, 0.29) is 13.0 Å². The largest absolute Gasteiger partial charge is 0.388 e. The first-order valence-electron chi connectivity index (χ1n) is 4.99. The Morgan fingerprint density at radius 3 is 2.59 bits per heavy atom. The lowest BCUT2D eigenvalue weighted by atomic mass is 10.1. The quantitative estimate of drug-likeness (QED) is 0.807. The molecule has 0 bridgehead atoms. The highest BCUT2D eigenvalue weighted by atomic mass is 35.5. The summed E-state index contributed by atoms with van der Waals surface area (Å²) >= 11 is 11.6. The van der Waals surface area contributed by atoms with Gasteiger partial charge in [0.25, 0.3) is 6.43 Å². The molecule has 0 aromatic heterocycles. The van der Waals surface area contributed by atoms with Crippen molar-refractivity contribution in [1.82, 2.24) is 0 Å². The van der Waals surface area contributed by atoms with Crippen LogP contribution in [0.1, 0.15) is 18.1 Å². The molecule has 0 saturated heterocycles. The average Bonchev–Trinajstić information content (AvgIpc) is 2.23. The smallest absolute Gasteiger partial charge is 0.261 e. The van der Waals surface area contributed by atoms with Crippen LogP contribution in [-0.2, 0) is 4.74 Å². The lowest BCUT2D eigenvalue weighted by Crippen LogP contribution is -2.08. The fourth-order valence-corrected chi connectivity index (χ4v) is 1.83. The van der Waals surface area contributed by atoms with Gasteiger partial charge in [0.1, 0.15) is 6.61 Å². The van der Waals surface area contributed by atoms with E-state index in [9.17, 15) is 13.9 Å². The lowest BCUT2D eigenvalue weighted by molar-refractivity contribution is 0.00482. The van der Waals surface area contributed by atoms with Crippen LogP contribution in [0, 0.1) is 0 Å². The fourth-order valence-electron chi connectivity index (χ4n) is 1.29. The Balaban J connectivity index is 2.44. The van der Waals surface area contributed by atoms with Crippen LogP contribution in [0.15, 0.2) is 18.2 Å². The van der Waals surface area contributed by atoms with Crippen molar-refractivity contribution in [1.29, 1.82) is 0 Å². The third-order valence-electron chi connectivity index (χ3n) is 2.10. The Morgan fingerprint density at radius 1 is 1.29 bits per heavy atom. The summed E-state index contributed by atoms with van der Waals surface area (Å²) in [5.74, 6) is 0. The molecule has 2 nitrogen and oxygen atoms in total. The Labute approximate surface area is 108 Å². The van der Waals surface area contributed by atoms with Crippen LogP contribution in [0.2, 0.25) is 10.0 Å². The molecule has 1 rings (SSSR count). The highest BCUT2D eigenvalue weighted by Gasteiger charge is 2.12. The molecule has 1 N–H and O–H groups in total. The molecular formula is C11H12Cl2F2O2. The Hall–Kier alpha value is -0.420. The zero-order chi connectivity index (χ0) is 12.8. The van der Waals surface area contributed by atoms with E-state index in [0.717, 1.165) is 0 Å². The minimum absolute atomic E-state index is 0.0461. The number of halogens is 4. The van der Waals surface area contributed by atoms with Crippen LogP contribution in [0.3, 0.4) is 0 Å². The third-order valence-corrected chi connectivity index (χ3v) is 2.66. The molecule has 0 amide bonds. The molecule has 0 aliphatic heterocycles. The van der Waals surface area contributed by atoms with Gasteiger partial charge in [-0.2, -0.15) is 0 Å². The summed E-state index contributed by atoms with van der Waals surface area (Å²) in [4.78, 5) is 0. The van der Waals surface area contributed by atoms with E-state index < -0.39 is 19.1 Å². The third kappa shape index (κ3) is 5.17. The second kappa shape index (κ2) is 7.11. The van der Waals surface area contributed by atoms with Gasteiger partial charge in [0.05, 0.1) is 6.10 Å². The van der Waals surface area contributed by atoms with Crippen LogP contribution < -0.4 is 0 Å². The minimum atomic E-state index is -2.49. The zero-order valence-electron chi connectivity index (χ0n) is 8.88. The Kier molecular flexibility index (Phi) is 6.12. The lowest BCUT2D eigenvalue weighted by Gasteiger charge is -2.13. The minimum Gasteiger partial charge on any atom is -0.388 e. The number of aliphatic hydroxyl groups excluding tert-OH is 1. The van der Waals surface area contributed by atoms with Gasteiger partial charge in [-0.05, 0) is 17.7 Å². The fraction of sp³-hybridized carbons (Fsp3) is 0.455. The van der Waals surface area contributed by atoms with Crippen molar-refractivity contribution in [2.45, 2.75) is 19.0 Å². The topological polar surface area (TPSA) is 29.5 Å². The highest BCUT2D eigenvalue weighted by molar-refractivity contribution is 6.35. The molecule has 17 heavy (non-hydrogen) atoms. The van der Waals surface area contributed by atoms with Crippen LogP contribution in [0.25, 0.3) is 0 Å². The van der Waals surface area contributed by atoms with Gasteiger partial charge < -0.3 is 9.84 Å². The summed E-state index contributed by atoms with van der Waals surface area (Å²) < 4.78 is 28.2. The van der Waals surface area contributed by atoms with Gasteiger partial charge in [0, 0.05) is 23.1 Å². The summed E-state index contributed by atoms with van der Waals surface area (Å²) in [6.07, 6.45) is -3.14.